The molecule has 1 aliphatic heterocycles. The maximum Gasteiger partial charge on any atom is 0.229 e. The van der Waals surface area contributed by atoms with Gasteiger partial charge in [-0.15, -0.1) is 0 Å². The van der Waals surface area contributed by atoms with Gasteiger partial charge in [0.15, 0.2) is 0 Å². The maximum atomic E-state index is 13.2. The van der Waals surface area contributed by atoms with Crippen LogP contribution in [0.3, 0.4) is 0 Å². The second kappa shape index (κ2) is 9.13. The van der Waals surface area contributed by atoms with Gasteiger partial charge >= 0.3 is 0 Å². The topological polar surface area (TPSA) is 85.2 Å². The molecule has 8 nitrogen and oxygen atoms in total. The summed E-state index contributed by atoms with van der Waals surface area (Å²) in [5, 5.41) is 2.97. The zero-order valence-corrected chi connectivity index (χ0v) is 19.8. The van der Waals surface area contributed by atoms with Crippen LogP contribution < -0.4 is 19.7 Å². The summed E-state index contributed by atoms with van der Waals surface area (Å²) in [5.41, 5.74) is 4.89. The molecular weight excluding hydrogens is 444 g/mol. The van der Waals surface area contributed by atoms with Gasteiger partial charge in [-0.2, -0.15) is 0 Å². The molecule has 0 spiro atoms. The van der Waals surface area contributed by atoms with Gasteiger partial charge in [0.2, 0.25) is 11.8 Å². The quantitative estimate of drug-likeness (QED) is 0.454. The zero-order valence-electron chi connectivity index (χ0n) is 19.8. The van der Waals surface area contributed by atoms with E-state index in [9.17, 15) is 9.59 Å². The lowest BCUT2D eigenvalue weighted by Crippen LogP contribution is -2.28. The SMILES string of the molecule is COc1ccc(N2CC(C(=O)Nc3cc(-c4cn5cccc(C)c5n4)ccc3OC)CC2=O)cc1. The molecule has 2 aromatic carbocycles. The Hall–Kier alpha value is -4.33. The summed E-state index contributed by atoms with van der Waals surface area (Å²) >= 11 is 0. The second-order valence-electron chi connectivity index (χ2n) is 8.56. The minimum absolute atomic E-state index is 0.0869. The van der Waals surface area contributed by atoms with Gasteiger partial charge in [-0.1, -0.05) is 6.07 Å². The van der Waals surface area contributed by atoms with Crippen LogP contribution in [0.4, 0.5) is 11.4 Å². The summed E-state index contributed by atoms with van der Waals surface area (Å²) in [4.78, 5) is 32.2. The molecule has 2 aromatic heterocycles. The van der Waals surface area contributed by atoms with E-state index in [1.807, 2.05) is 66.2 Å². The highest BCUT2D eigenvalue weighted by Crippen LogP contribution is 2.33. The number of aryl methyl sites for hydroxylation is 1. The Balaban J connectivity index is 1.36. The van der Waals surface area contributed by atoms with E-state index >= 15 is 0 Å². The predicted octanol–water partition coefficient (Wildman–Crippen LogP) is 4.32. The standard InChI is InChI=1S/C27H26N4O4/c1-17-5-4-12-30-16-23(28-26(17)30)18-6-11-24(35-3)22(13-18)29-27(33)19-14-25(32)31(15-19)20-7-9-21(34-2)10-8-20/h4-13,16,19H,14-15H2,1-3H3,(H,29,33). The number of nitrogens with one attached hydrogen (secondary N) is 1. The number of benzene rings is 2. The highest BCUT2D eigenvalue weighted by molar-refractivity contribution is 6.04. The number of aromatic nitrogens is 2. The summed E-state index contributed by atoms with van der Waals surface area (Å²) in [6.45, 7) is 2.33. The Labute approximate surface area is 203 Å². The van der Waals surface area contributed by atoms with Crippen LogP contribution in [0.5, 0.6) is 11.5 Å². The Bertz CT molecular complexity index is 1410. The number of anilines is 2. The second-order valence-corrected chi connectivity index (χ2v) is 8.56. The van der Waals surface area contributed by atoms with Crippen molar-refractivity contribution in [2.45, 2.75) is 13.3 Å². The third kappa shape index (κ3) is 4.30. The molecule has 0 bridgehead atoms. The monoisotopic (exact) mass is 470 g/mol. The number of rotatable bonds is 6. The van der Waals surface area contributed by atoms with Crippen molar-refractivity contribution in [3.63, 3.8) is 0 Å². The molecule has 2 amide bonds. The minimum Gasteiger partial charge on any atom is -0.497 e. The normalized spacial score (nSPS) is 15.5. The van der Waals surface area contributed by atoms with E-state index in [2.05, 4.69) is 5.32 Å². The van der Waals surface area contributed by atoms with Gasteiger partial charge in [0, 0.05) is 36.6 Å². The minimum atomic E-state index is -0.476. The number of nitrogens with zero attached hydrogens (tertiary/aromatic N) is 3. The lowest BCUT2D eigenvalue weighted by Gasteiger charge is -2.17. The number of methoxy groups -OCH3 is 2. The molecule has 1 unspecified atom stereocenters. The number of hydrogen-bond acceptors (Lipinski definition) is 5. The average Bonchev–Trinajstić information content (AvgIpc) is 3.49. The number of pyridine rings is 1. The van der Waals surface area contributed by atoms with Crippen molar-refractivity contribution in [1.82, 2.24) is 9.38 Å². The lowest BCUT2D eigenvalue weighted by atomic mass is 10.1. The molecule has 0 aliphatic carbocycles. The van der Waals surface area contributed by atoms with Crippen molar-refractivity contribution in [3.05, 3.63) is 72.6 Å². The molecule has 178 valence electrons. The first-order chi connectivity index (χ1) is 17.0. The Morgan fingerprint density at radius 1 is 1.09 bits per heavy atom. The highest BCUT2D eigenvalue weighted by Gasteiger charge is 2.35. The molecule has 0 radical (unpaired) electrons. The molecule has 35 heavy (non-hydrogen) atoms. The molecule has 0 saturated carbocycles. The third-order valence-electron chi connectivity index (χ3n) is 6.31. The van der Waals surface area contributed by atoms with Crippen LogP contribution in [0.1, 0.15) is 12.0 Å². The van der Waals surface area contributed by atoms with Crippen molar-refractivity contribution in [3.8, 4) is 22.8 Å². The van der Waals surface area contributed by atoms with Crippen molar-refractivity contribution in [2.24, 2.45) is 5.92 Å². The van der Waals surface area contributed by atoms with E-state index in [4.69, 9.17) is 14.5 Å². The van der Waals surface area contributed by atoms with E-state index in [1.54, 1.807) is 31.3 Å². The first-order valence-electron chi connectivity index (χ1n) is 11.3. The number of ether oxygens (including phenoxy) is 2. The van der Waals surface area contributed by atoms with Gasteiger partial charge in [0.1, 0.15) is 17.1 Å². The van der Waals surface area contributed by atoms with Gasteiger partial charge in [-0.3, -0.25) is 9.59 Å². The molecule has 1 aliphatic rings. The molecular formula is C27H26N4O4. The summed E-state index contributed by atoms with van der Waals surface area (Å²) in [5.74, 6) is 0.461. The Morgan fingerprint density at radius 2 is 1.89 bits per heavy atom. The van der Waals surface area contributed by atoms with Crippen molar-refractivity contribution < 1.29 is 19.1 Å². The van der Waals surface area contributed by atoms with Crippen LogP contribution in [0.2, 0.25) is 0 Å². The van der Waals surface area contributed by atoms with Gasteiger partial charge in [0.05, 0.1) is 31.5 Å². The van der Waals surface area contributed by atoms with E-state index in [-0.39, 0.29) is 18.2 Å². The van der Waals surface area contributed by atoms with Crippen LogP contribution in [0.25, 0.3) is 16.9 Å². The van der Waals surface area contributed by atoms with Crippen molar-refractivity contribution in [1.29, 1.82) is 0 Å². The van der Waals surface area contributed by atoms with E-state index < -0.39 is 5.92 Å². The largest absolute Gasteiger partial charge is 0.497 e. The van der Waals surface area contributed by atoms with Crippen LogP contribution >= 0.6 is 0 Å². The molecule has 1 fully saturated rings. The molecule has 1 saturated heterocycles. The van der Waals surface area contributed by atoms with Gasteiger partial charge in [-0.25, -0.2) is 4.98 Å². The van der Waals surface area contributed by atoms with Crippen molar-refractivity contribution >= 4 is 28.8 Å². The van der Waals surface area contributed by atoms with Gasteiger partial charge < -0.3 is 24.1 Å². The number of imidazole rings is 1. The number of amides is 2. The summed E-state index contributed by atoms with van der Waals surface area (Å²) < 4.78 is 12.6. The van der Waals surface area contributed by atoms with E-state index in [1.165, 1.54) is 0 Å². The number of fused-ring (bicyclic) bond motifs is 1. The fraction of sp³-hybridized carbons (Fsp3) is 0.222. The predicted molar refractivity (Wildman–Crippen MR) is 134 cm³/mol. The zero-order chi connectivity index (χ0) is 24.5. The average molecular weight is 471 g/mol. The van der Waals surface area contributed by atoms with Gasteiger partial charge in [-0.05, 0) is 61.0 Å². The van der Waals surface area contributed by atoms with Gasteiger partial charge in [0.25, 0.3) is 0 Å². The molecule has 8 heteroatoms. The third-order valence-corrected chi connectivity index (χ3v) is 6.31. The smallest absolute Gasteiger partial charge is 0.229 e. The highest BCUT2D eigenvalue weighted by atomic mass is 16.5. The number of carbonyl (C=O) groups excluding carboxylic acids is 2. The Morgan fingerprint density at radius 3 is 2.60 bits per heavy atom. The molecule has 5 rings (SSSR count). The lowest BCUT2D eigenvalue weighted by molar-refractivity contribution is -0.122. The van der Waals surface area contributed by atoms with Crippen LogP contribution in [-0.2, 0) is 9.59 Å². The summed E-state index contributed by atoms with van der Waals surface area (Å²) in [7, 11) is 3.15. The van der Waals surface area contributed by atoms with E-state index in [0.717, 1.165) is 28.2 Å². The molecule has 4 aromatic rings. The fourth-order valence-electron chi connectivity index (χ4n) is 4.39. The Kier molecular flexibility index (Phi) is 5.86. The molecule has 3 heterocycles. The first-order valence-corrected chi connectivity index (χ1v) is 11.3. The molecule has 1 atom stereocenters. The first kappa shape index (κ1) is 22.5. The number of carbonyl (C=O) groups is 2. The van der Waals surface area contributed by atoms with E-state index in [0.29, 0.717) is 23.7 Å². The molecule has 1 N–H and O–H groups in total. The number of hydrogen-bond donors (Lipinski definition) is 1. The summed E-state index contributed by atoms with van der Waals surface area (Å²) in [6, 6.07) is 16.8. The maximum absolute atomic E-state index is 13.2. The van der Waals surface area contributed by atoms with Crippen LogP contribution in [0.15, 0.2) is 67.0 Å². The van der Waals surface area contributed by atoms with Crippen molar-refractivity contribution in [2.75, 3.05) is 31.0 Å². The summed E-state index contributed by atoms with van der Waals surface area (Å²) in [6.07, 6.45) is 4.06. The fourth-order valence-corrected chi connectivity index (χ4v) is 4.39. The van der Waals surface area contributed by atoms with Crippen LogP contribution in [-0.4, -0.2) is 42.0 Å². The van der Waals surface area contributed by atoms with Crippen LogP contribution in [0, 0.1) is 12.8 Å².